The number of ether oxygens (including phenoxy) is 1. The molecule has 8 nitrogen and oxygen atoms in total. The highest BCUT2D eigenvalue weighted by molar-refractivity contribution is 7.86. The Hall–Kier alpha value is -3.01. The number of hydrazone groups is 1. The Morgan fingerprint density at radius 3 is 2.63 bits per heavy atom. The van der Waals surface area contributed by atoms with E-state index in [0.29, 0.717) is 5.56 Å². The van der Waals surface area contributed by atoms with Crippen LogP contribution in [0.4, 0.5) is 5.69 Å². The maximum Gasteiger partial charge on any atom is 0.298 e. The lowest BCUT2D eigenvalue weighted by atomic mass is 9.95. The molecule has 3 rings (SSSR count). The minimum Gasteiger partial charge on any atom is -0.427 e. The molecule has 2 N–H and O–H groups in total. The number of fused-ring (bicyclic) bond motifs is 1. The number of allylic oxidation sites excluding steroid dienone is 1. The first-order valence-electron chi connectivity index (χ1n) is 7.38. The summed E-state index contributed by atoms with van der Waals surface area (Å²) in [6.45, 7) is 0.107. The van der Waals surface area contributed by atoms with Crippen LogP contribution in [0, 0.1) is 0 Å². The van der Waals surface area contributed by atoms with Gasteiger partial charge in [0.25, 0.3) is 16.6 Å². The normalized spacial score (nSPS) is 14.7. The van der Waals surface area contributed by atoms with Crippen molar-refractivity contribution in [3.05, 3.63) is 58.6 Å². The first kappa shape index (κ1) is 18.8. The van der Waals surface area contributed by atoms with E-state index in [1.165, 1.54) is 6.08 Å². The van der Waals surface area contributed by atoms with Gasteiger partial charge in [0, 0.05) is 11.6 Å². The third kappa shape index (κ3) is 3.90. The van der Waals surface area contributed by atoms with Crippen LogP contribution in [0.5, 0.6) is 5.75 Å². The summed E-state index contributed by atoms with van der Waals surface area (Å²) in [6, 6.07) is 8.96. The molecule has 138 valence electrons. The van der Waals surface area contributed by atoms with E-state index in [-0.39, 0.29) is 28.6 Å². The molecule has 0 radical (unpaired) electrons. The van der Waals surface area contributed by atoms with Gasteiger partial charge in [-0.3, -0.25) is 19.6 Å². The van der Waals surface area contributed by atoms with Crippen LogP contribution < -0.4 is 10.2 Å². The van der Waals surface area contributed by atoms with E-state index in [1.807, 2.05) is 0 Å². The van der Waals surface area contributed by atoms with Gasteiger partial charge in [0.2, 0.25) is 5.78 Å². The lowest BCUT2D eigenvalue weighted by Crippen LogP contribution is -2.19. The summed E-state index contributed by atoms with van der Waals surface area (Å²) in [4.78, 5) is 22.1. The fourth-order valence-electron chi connectivity index (χ4n) is 2.44. The van der Waals surface area contributed by atoms with Crippen LogP contribution in [0.15, 0.2) is 52.5 Å². The fraction of sp³-hybridized carbons (Fsp3) is 0. The standard InChI is InChI=1S/C17H11ClN2O6S/c18-12-7-16(27(23,24)25)13(8-15(12)26-9-21)19-20-17-11-4-2-1-3-10(11)5-6-14(17)22/h1-9,19H,(H,23,24,25)/b20-17-. The zero-order valence-corrected chi connectivity index (χ0v) is 15.0. The van der Waals surface area contributed by atoms with Crippen LogP contribution in [0.3, 0.4) is 0 Å². The van der Waals surface area contributed by atoms with Gasteiger partial charge >= 0.3 is 0 Å². The lowest BCUT2D eigenvalue weighted by molar-refractivity contribution is -0.120. The van der Waals surface area contributed by atoms with Crippen molar-refractivity contribution in [3.8, 4) is 5.75 Å². The zero-order chi connectivity index (χ0) is 19.6. The highest BCUT2D eigenvalue weighted by atomic mass is 35.5. The highest BCUT2D eigenvalue weighted by Gasteiger charge is 2.22. The van der Waals surface area contributed by atoms with E-state index in [9.17, 15) is 22.6 Å². The van der Waals surface area contributed by atoms with Crippen molar-refractivity contribution in [1.29, 1.82) is 0 Å². The molecule has 0 heterocycles. The smallest absolute Gasteiger partial charge is 0.298 e. The first-order valence-corrected chi connectivity index (χ1v) is 9.20. The van der Waals surface area contributed by atoms with E-state index in [0.717, 1.165) is 17.7 Å². The van der Waals surface area contributed by atoms with Crippen molar-refractivity contribution in [2.75, 3.05) is 5.43 Å². The molecule has 10 heteroatoms. The molecule has 0 atom stereocenters. The molecular weight excluding hydrogens is 396 g/mol. The van der Waals surface area contributed by atoms with Crippen LogP contribution in [0.1, 0.15) is 11.1 Å². The molecule has 1 aliphatic rings. The molecule has 0 saturated carbocycles. The van der Waals surface area contributed by atoms with Crippen LogP contribution >= 0.6 is 11.6 Å². The molecule has 0 aliphatic heterocycles. The van der Waals surface area contributed by atoms with Crippen LogP contribution in [0.2, 0.25) is 5.02 Å². The average Bonchev–Trinajstić information content (AvgIpc) is 2.62. The van der Waals surface area contributed by atoms with E-state index in [4.69, 9.17) is 11.6 Å². The van der Waals surface area contributed by atoms with Crippen molar-refractivity contribution in [2.45, 2.75) is 4.90 Å². The van der Waals surface area contributed by atoms with E-state index >= 15 is 0 Å². The molecule has 2 aromatic rings. The molecule has 0 amide bonds. The third-order valence-electron chi connectivity index (χ3n) is 3.64. The Balaban J connectivity index is 2.08. The summed E-state index contributed by atoms with van der Waals surface area (Å²) in [6.07, 6.45) is 2.97. The topological polar surface area (TPSA) is 122 Å². The summed E-state index contributed by atoms with van der Waals surface area (Å²) in [7, 11) is -4.67. The Bertz CT molecular complexity index is 1110. The lowest BCUT2D eigenvalue weighted by Gasteiger charge is -2.14. The second-order valence-corrected chi connectivity index (χ2v) is 7.12. The summed E-state index contributed by atoms with van der Waals surface area (Å²) in [5, 5.41) is 3.77. The summed E-state index contributed by atoms with van der Waals surface area (Å²) in [5.74, 6) is -0.551. The molecule has 1 aliphatic carbocycles. The summed E-state index contributed by atoms with van der Waals surface area (Å²) in [5.41, 5.74) is 3.54. The average molecular weight is 407 g/mol. The number of benzene rings is 2. The molecule has 0 saturated heterocycles. The largest absolute Gasteiger partial charge is 0.427 e. The van der Waals surface area contributed by atoms with Gasteiger partial charge in [-0.25, -0.2) is 0 Å². The second-order valence-electron chi connectivity index (χ2n) is 5.32. The van der Waals surface area contributed by atoms with Crippen molar-refractivity contribution in [2.24, 2.45) is 5.10 Å². The number of rotatable bonds is 5. The van der Waals surface area contributed by atoms with Gasteiger partial charge in [0.05, 0.1) is 10.7 Å². The molecule has 0 spiro atoms. The predicted octanol–water partition coefficient (Wildman–Crippen LogP) is 2.53. The van der Waals surface area contributed by atoms with Crippen LogP contribution in [-0.4, -0.2) is 30.9 Å². The van der Waals surface area contributed by atoms with Gasteiger partial charge in [0.1, 0.15) is 10.6 Å². The van der Waals surface area contributed by atoms with E-state index < -0.39 is 20.8 Å². The molecule has 2 aromatic carbocycles. The van der Waals surface area contributed by atoms with Gasteiger partial charge in [0.15, 0.2) is 5.75 Å². The number of carbonyl (C=O) groups is 2. The second kappa shape index (κ2) is 7.31. The predicted molar refractivity (Wildman–Crippen MR) is 98.6 cm³/mol. The Labute approximate surface area is 158 Å². The fourth-order valence-corrected chi connectivity index (χ4v) is 3.37. The van der Waals surface area contributed by atoms with Crippen molar-refractivity contribution < 1.29 is 27.3 Å². The Kier molecular flexibility index (Phi) is 5.08. The summed E-state index contributed by atoms with van der Waals surface area (Å²) < 4.78 is 37.3. The maximum absolute atomic E-state index is 12.2. The Morgan fingerprint density at radius 1 is 1.19 bits per heavy atom. The number of anilines is 1. The maximum atomic E-state index is 12.2. The quantitative estimate of drug-likeness (QED) is 0.444. The third-order valence-corrected chi connectivity index (χ3v) is 4.83. The van der Waals surface area contributed by atoms with Gasteiger partial charge in [-0.15, -0.1) is 0 Å². The summed E-state index contributed by atoms with van der Waals surface area (Å²) >= 11 is 5.84. The first-order chi connectivity index (χ1) is 12.8. The van der Waals surface area contributed by atoms with Crippen molar-refractivity contribution >= 4 is 51.4 Å². The van der Waals surface area contributed by atoms with E-state index in [2.05, 4.69) is 15.3 Å². The number of carbonyl (C=O) groups excluding carboxylic acids is 2. The number of hydrogen-bond acceptors (Lipinski definition) is 7. The van der Waals surface area contributed by atoms with Crippen LogP contribution in [0.25, 0.3) is 6.08 Å². The minimum absolute atomic E-state index is 0.0437. The Morgan fingerprint density at radius 2 is 1.93 bits per heavy atom. The number of nitrogens with zero attached hydrogens (tertiary/aromatic N) is 1. The van der Waals surface area contributed by atoms with Crippen molar-refractivity contribution in [3.63, 3.8) is 0 Å². The molecule has 0 fully saturated rings. The molecule has 0 unspecified atom stereocenters. The molecule has 0 bridgehead atoms. The SMILES string of the molecule is O=COc1cc(N/N=C2\C(=O)C=Cc3ccccc32)c(S(=O)(=O)O)cc1Cl. The van der Waals surface area contributed by atoms with Gasteiger partial charge in [-0.2, -0.15) is 13.5 Å². The van der Waals surface area contributed by atoms with Gasteiger partial charge in [-0.05, 0) is 17.7 Å². The molecular formula is C17H11ClN2O6S. The van der Waals surface area contributed by atoms with Gasteiger partial charge < -0.3 is 4.74 Å². The highest BCUT2D eigenvalue weighted by Crippen LogP contribution is 2.34. The number of ketones is 1. The molecule has 0 aromatic heterocycles. The molecule has 27 heavy (non-hydrogen) atoms. The van der Waals surface area contributed by atoms with E-state index in [1.54, 1.807) is 30.3 Å². The van der Waals surface area contributed by atoms with Crippen LogP contribution in [-0.2, 0) is 19.7 Å². The number of nitrogens with one attached hydrogen (secondary N) is 1. The zero-order valence-electron chi connectivity index (χ0n) is 13.4. The minimum atomic E-state index is -4.67. The van der Waals surface area contributed by atoms with Gasteiger partial charge in [-0.1, -0.05) is 41.9 Å². The van der Waals surface area contributed by atoms with Crippen molar-refractivity contribution in [1.82, 2.24) is 0 Å². The monoisotopic (exact) mass is 406 g/mol. The number of hydrogen-bond donors (Lipinski definition) is 2. The number of halogens is 1.